The van der Waals surface area contributed by atoms with E-state index in [9.17, 15) is 9.18 Å². The van der Waals surface area contributed by atoms with Gasteiger partial charge in [-0.1, -0.05) is 19.1 Å². The molecule has 0 saturated heterocycles. The second kappa shape index (κ2) is 6.61. The lowest BCUT2D eigenvalue weighted by atomic mass is 10.1. The minimum atomic E-state index is -0.496. The first kappa shape index (κ1) is 14.0. The number of halogens is 1. The van der Waals surface area contributed by atoms with Crippen LogP contribution < -0.4 is 5.73 Å². The number of hydrogen-bond donors (Lipinski definition) is 2. The molecule has 2 atom stereocenters. The topological polar surface area (TPSA) is 63.3 Å². The first-order valence-corrected chi connectivity index (χ1v) is 6.36. The summed E-state index contributed by atoms with van der Waals surface area (Å²) in [5, 5.41) is 8.42. The molecule has 0 heterocycles. The first-order valence-electron chi connectivity index (χ1n) is 5.31. The quantitative estimate of drug-likeness (QED) is 0.815. The van der Waals surface area contributed by atoms with E-state index in [1.807, 2.05) is 6.92 Å². The highest BCUT2D eigenvalue weighted by atomic mass is 32.2. The highest BCUT2D eigenvalue weighted by Gasteiger charge is 2.19. The van der Waals surface area contributed by atoms with Gasteiger partial charge >= 0.3 is 0 Å². The van der Waals surface area contributed by atoms with Gasteiger partial charge in [-0.15, -0.1) is 11.8 Å². The Morgan fingerprint density at radius 2 is 2.06 bits per heavy atom. The van der Waals surface area contributed by atoms with Crippen molar-refractivity contribution in [1.82, 2.24) is 0 Å². The molecule has 17 heavy (non-hydrogen) atoms. The van der Waals surface area contributed by atoms with Gasteiger partial charge in [-0.25, -0.2) is 4.39 Å². The minimum Gasteiger partial charge on any atom is -0.396 e. The minimum absolute atomic E-state index is 0.0713. The number of aliphatic hydroxyl groups is 1. The lowest BCUT2D eigenvalue weighted by Crippen LogP contribution is -2.20. The average molecular weight is 257 g/mol. The maximum Gasteiger partial charge on any atom is 0.235 e. The largest absolute Gasteiger partial charge is 0.396 e. The maximum atomic E-state index is 12.8. The normalized spacial score (nSPS) is 14.3. The van der Waals surface area contributed by atoms with Crippen LogP contribution in [0.5, 0.6) is 0 Å². The number of carbonyl (C=O) groups excluding carboxylic acids is 1. The van der Waals surface area contributed by atoms with Gasteiger partial charge in [-0.2, -0.15) is 0 Å². The maximum absolute atomic E-state index is 12.8. The number of rotatable bonds is 6. The van der Waals surface area contributed by atoms with E-state index in [0.29, 0.717) is 11.3 Å². The summed E-state index contributed by atoms with van der Waals surface area (Å²) in [7, 11) is 0. The standard InChI is InChI=1S/C12H16FNO2S/c1-8(6-15)7-17-11(12(14)16)9-2-4-10(13)5-3-9/h2-5,8,11,15H,6-7H2,1H3,(H2,14,16)/t8-,11-/m0/s1. The zero-order valence-electron chi connectivity index (χ0n) is 9.60. The Hall–Kier alpha value is -1.07. The Labute approximate surface area is 104 Å². The molecule has 0 aliphatic carbocycles. The van der Waals surface area contributed by atoms with Gasteiger partial charge in [0.15, 0.2) is 0 Å². The summed E-state index contributed by atoms with van der Waals surface area (Å²) in [6, 6.07) is 5.73. The average Bonchev–Trinajstić information content (AvgIpc) is 2.31. The van der Waals surface area contributed by atoms with E-state index >= 15 is 0 Å². The van der Waals surface area contributed by atoms with Crippen LogP contribution in [0.4, 0.5) is 4.39 Å². The summed E-state index contributed by atoms with van der Waals surface area (Å²) < 4.78 is 12.8. The molecule has 3 nitrogen and oxygen atoms in total. The van der Waals surface area contributed by atoms with Crippen LogP contribution in [-0.4, -0.2) is 23.4 Å². The Morgan fingerprint density at radius 1 is 1.47 bits per heavy atom. The SMILES string of the molecule is C[C@@H](CO)CS[C@H](C(N)=O)c1ccc(F)cc1. The molecular formula is C12H16FNO2S. The van der Waals surface area contributed by atoms with Crippen LogP contribution in [-0.2, 0) is 4.79 Å². The van der Waals surface area contributed by atoms with Gasteiger partial charge in [-0.3, -0.25) is 4.79 Å². The third-order valence-electron chi connectivity index (χ3n) is 2.29. The van der Waals surface area contributed by atoms with Crippen LogP contribution in [0.2, 0.25) is 0 Å². The van der Waals surface area contributed by atoms with Crippen molar-refractivity contribution in [3.8, 4) is 0 Å². The Morgan fingerprint density at radius 3 is 2.53 bits per heavy atom. The van der Waals surface area contributed by atoms with Gasteiger partial charge in [-0.05, 0) is 29.4 Å². The van der Waals surface area contributed by atoms with E-state index in [1.165, 1.54) is 23.9 Å². The van der Waals surface area contributed by atoms with Gasteiger partial charge in [0.2, 0.25) is 5.91 Å². The smallest absolute Gasteiger partial charge is 0.235 e. The number of benzene rings is 1. The number of aliphatic hydroxyl groups excluding tert-OH is 1. The Balaban J connectivity index is 2.72. The number of nitrogens with two attached hydrogens (primary N) is 1. The summed E-state index contributed by atoms with van der Waals surface area (Å²) in [4.78, 5) is 11.3. The molecule has 0 spiro atoms. The van der Waals surface area contributed by atoms with Gasteiger partial charge in [0.25, 0.3) is 0 Å². The van der Waals surface area contributed by atoms with Crippen molar-refractivity contribution in [3.63, 3.8) is 0 Å². The lowest BCUT2D eigenvalue weighted by molar-refractivity contribution is -0.117. The van der Waals surface area contributed by atoms with Crippen molar-refractivity contribution in [2.75, 3.05) is 12.4 Å². The van der Waals surface area contributed by atoms with Gasteiger partial charge in [0.1, 0.15) is 11.1 Å². The molecule has 1 rings (SSSR count). The van der Waals surface area contributed by atoms with Crippen molar-refractivity contribution in [2.45, 2.75) is 12.2 Å². The van der Waals surface area contributed by atoms with Crippen LogP contribution in [0.15, 0.2) is 24.3 Å². The van der Waals surface area contributed by atoms with Crippen LogP contribution in [0, 0.1) is 11.7 Å². The molecule has 0 aliphatic rings. The number of amides is 1. The molecule has 0 aliphatic heterocycles. The summed E-state index contributed by atoms with van der Waals surface area (Å²) in [5.74, 6) is -0.0682. The first-order chi connectivity index (χ1) is 8.04. The second-order valence-electron chi connectivity index (χ2n) is 3.96. The van der Waals surface area contributed by atoms with Crippen LogP contribution in [0.25, 0.3) is 0 Å². The van der Waals surface area contributed by atoms with Crippen molar-refractivity contribution < 1.29 is 14.3 Å². The molecule has 0 radical (unpaired) electrons. The molecule has 0 saturated carbocycles. The zero-order valence-corrected chi connectivity index (χ0v) is 10.4. The van der Waals surface area contributed by atoms with Crippen molar-refractivity contribution in [1.29, 1.82) is 0 Å². The van der Waals surface area contributed by atoms with E-state index in [4.69, 9.17) is 10.8 Å². The summed E-state index contributed by atoms with van der Waals surface area (Å²) in [6.45, 7) is 1.96. The second-order valence-corrected chi connectivity index (χ2v) is 5.09. The molecule has 0 fully saturated rings. The number of primary amides is 1. The van der Waals surface area contributed by atoms with Crippen LogP contribution >= 0.6 is 11.8 Å². The predicted octanol–water partition coefficient (Wildman–Crippen LogP) is 1.71. The highest BCUT2D eigenvalue weighted by molar-refractivity contribution is 8.00. The molecule has 0 aromatic heterocycles. The predicted molar refractivity (Wildman–Crippen MR) is 67.0 cm³/mol. The number of thioether (sulfide) groups is 1. The number of hydrogen-bond acceptors (Lipinski definition) is 3. The molecule has 0 unspecified atom stereocenters. The molecule has 3 N–H and O–H groups in total. The molecule has 94 valence electrons. The van der Waals surface area contributed by atoms with Crippen LogP contribution in [0.3, 0.4) is 0 Å². The fourth-order valence-electron chi connectivity index (χ4n) is 1.29. The zero-order chi connectivity index (χ0) is 12.8. The van der Waals surface area contributed by atoms with Gasteiger partial charge < -0.3 is 10.8 Å². The summed E-state index contributed by atoms with van der Waals surface area (Å²) in [5.41, 5.74) is 6.01. The summed E-state index contributed by atoms with van der Waals surface area (Å²) >= 11 is 1.36. The molecule has 1 amide bonds. The van der Waals surface area contributed by atoms with Crippen molar-refractivity contribution in [2.24, 2.45) is 11.7 Å². The third-order valence-corrected chi connectivity index (χ3v) is 3.89. The molecular weight excluding hydrogens is 241 g/mol. The number of carbonyl (C=O) groups is 1. The van der Waals surface area contributed by atoms with E-state index < -0.39 is 11.2 Å². The van der Waals surface area contributed by atoms with Crippen LogP contribution in [0.1, 0.15) is 17.7 Å². The Kier molecular flexibility index (Phi) is 5.44. The lowest BCUT2D eigenvalue weighted by Gasteiger charge is -2.15. The Bertz CT molecular complexity index is 369. The van der Waals surface area contributed by atoms with Gasteiger partial charge in [0.05, 0.1) is 0 Å². The van der Waals surface area contributed by atoms with Crippen molar-refractivity contribution >= 4 is 17.7 Å². The van der Waals surface area contributed by atoms with Gasteiger partial charge in [0, 0.05) is 6.61 Å². The van der Waals surface area contributed by atoms with E-state index in [2.05, 4.69) is 0 Å². The molecule has 1 aromatic carbocycles. The monoisotopic (exact) mass is 257 g/mol. The fraction of sp³-hybridized carbons (Fsp3) is 0.417. The summed E-state index contributed by atoms with van der Waals surface area (Å²) in [6.07, 6.45) is 0. The third kappa shape index (κ3) is 4.36. The fourth-order valence-corrected chi connectivity index (χ4v) is 2.43. The van der Waals surface area contributed by atoms with Crippen molar-refractivity contribution in [3.05, 3.63) is 35.6 Å². The molecule has 0 bridgehead atoms. The van der Waals surface area contributed by atoms with E-state index in [0.717, 1.165) is 0 Å². The highest BCUT2D eigenvalue weighted by Crippen LogP contribution is 2.30. The molecule has 1 aromatic rings. The molecule has 5 heteroatoms. The van der Waals surface area contributed by atoms with E-state index in [1.54, 1.807) is 12.1 Å². The van der Waals surface area contributed by atoms with E-state index in [-0.39, 0.29) is 18.3 Å².